The van der Waals surface area contributed by atoms with Gasteiger partial charge in [-0.1, -0.05) is 5.16 Å². The largest absolute Gasteiger partial charge is 0.493 e. The third-order valence-electron chi connectivity index (χ3n) is 3.45. The molecule has 3 aromatic rings. The van der Waals surface area contributed by atoms with Gasteiger partial charge in [0.05, 0.1) is 33.4 Å². The van der Waals surface area contributed by atoms with Crippen molar-refractivity contribution >= 4 is 0 Å². The summed E-state index contributed by atoms with van der Waals surface area (Å²) >= 11 is 0. The molecule has 8 nitrogen and oxygen atoms in total. The zero-order chi connectivity index (χ0) is 17.1. The third kappa shape index (κ3) is 2.79. The monoisotopic (exact) mass is 331 g/mol. The SMILES string of the molecule is COc1cc(-c2noc(-c3coc(CN)c3)n2)cc(OC)c1OC. The normalized spacial score (nSPS) is 10.7. The van der Waals surface area contributed by atoms with Crippen LogP contribution in [-0.2, 0) is 6.54 Å². The van der Waals surface area contributed by atoms with E-state index in [1.165, 1.54) is 6.26 Å². The molecule has 1 aromatic carbocycles. The summed E-state index contributed by atoms with van der Waals surface area (Å²) in [7, 11) is 4.63. The van der Waals surface area contributed by atoms with Crippen LogP contribution in [-0.4, -0.2) is 31.5 Å². The molecular formula is C16H17N3O5. The van der Waals surface area contributed by atoms with E-state index < -0.39 is 0 Å². The molecular weight excluding hydrogens is 314 g/mol. The van der Waals surface area contributed by atoms with Gasteiger partial charge in [-0.2, -0.15) is 4.98 Å². The summed E-state index contributed by atoms with van der Waals surface area (Å²) in [6.07, 6.45) is 1.52. The molecule has 0 atom stereocenters. The zero-order valence-corrected chi connectivity index (χ0v) is 13.5. The van der Waals surface area contributed by atoms with Crippen molar-refractivity contribution in [2.24, 2.45) is 5.73 Å². The topological polar surface area (TPSA) is 106 Å². The molecule has 0 radical (unpaired) electrons. The summed E-state index contributed by atoms with van der Waals surface area (Å²) in [6.45, 7) is 0.299. The van der Waals surface area contributed by atoms with Crippen molar-refractivity contribution < 1.29 is 23.2 Å². The van der Waals surface area contributed by atoms with E-state index in [0.29, 0.717) is 52.4 Å². The number of methoxy groups -OCH3 is 3. The minimum atomic E-state index is 0.299. The van der Waals surface area contributed by atoms with Crippen LogP contribution in [0.2, 0.25) is 0 Å². The van der Waals surface area contributed by atoms with E-state index in [0.717, 1.165) is 0 Å². The van der Waals surface area contributed by atoms with Gasteiger partial charge in [-0.3, -0.25) is 0 Å². The van der Waals surface area contributed by atoms with Crippen molar-refractivity contribution in [3.8, 4) is 40.1 Å². The lowest BCUT2D eigenvalue weighted by Gasteiger charge is -2.12. The number of hydrogen-bond donors (Lipinski definition) is 1. The van der Waals surface area contributed by atoms with E-state index in [-0.39, 0.29) is 0 Å². The van der Waals surface area contributed by atoms with Crippen molar-refractivity contribution in [3.63, 3.8) is 0 Å². The van der Waals surface area contributed by atoms with Gasteiger partial charge in [-0.25, -0.2) is 0 Å². The number of ether oxygens (including phenoxy) is 3. The molecule has 24 heavy (non-hydrogen) atoms. The fourth-order valence-electron chi connectivity index (χ4n) is 2.27. The van der Waals surface area contributed by atoms with E-state index in [9.17, 15) is 0 Å². The molecule has 0 unspecified atom stereocenters. The van der Waals surface area contributed by atoms with Crippen LogP contribution in [0.3, 0.4) is 0 Å². The van der Waals surface area contributed by atoms with Crippen LogP contribution in [0.1, 0.15) is 5.76 Å². The third-order valence-corrected chi connectivity index (χ3v) is 3.45. The Morgan fingerprint density at radius 2 is 1.71 bits per heavy atom. The maximum atomic E-state index is 5.53. The smallest absolute Gasteiger partial charge is 0.261 e. The lowest BCUT2D eigenvalue weighted by Crippen LogP contribution is -1.96. The lowest BCUT2D eigenvalue weighted by molar-refractivity contribution is 0.324. The number of furan rings is 1. The molecule has 0 bridgehead atoms. The maximum Gasteiger partial charge on any atom is 0.261 e. The Hall–Kier alpha value is -3.00. The van der Waals surface area contributed by atoms with Crippen LogP contribution in [0, 0.1) is 0 Å². The van der Waals surface area contributed by atoms with Crippen LogP contribution in [0.15, 0.2) is 33.4 Å². The minimum absolute atomic E-state index is 0.299. The van der Waals surface area contributed by atoms with Gasteiger partial charge < -0.3 is 28.9 Å². The first-order valence-corrected chi connectivity index (χ1v) is 7.12. The van der Waals surface area contributed by atoms with Crippen LogP contribution in [0.4, 0.5) is 0 Å². The molecule has 126 valence electrons. The molecule has 0 aliphatic rings. The van der Waals surface area contributed by atoms with Crippen molar-refractivity contribution in [3.05, 3.63) is 30.2 Å². The highest BCUT2D eigenvalue weighted by atomic mass is 16.5. The molecule has 2 heterocycles. The zero-order valence-electron chi connectivity index (χ0n) is 13.5. The van der Waals surface area contributed by atoms with Gasteiger partial charge in [0, 0.05) is 5.56 Å². The molecule has 0 saturated carbocycles. The van der Waals surface area contributed by atoms with Crippen molar-refractivity contribution in [1.82, 2.24) is 10.1 Å². The van der Waals surface area contributed by atoms with E-state index in [1.54, 1.807) is 39.5 Å². The highest BCUT2D eigenvalue weighted by molar-refractivity contribution is 5.67. The molecule has 2 aromatic heterocycles. The molecule has 2 N–H and O–H groups in total. The minimum Gasteiger partial charge on any atom is -0.493 e. The molecule has 0 amide bonds. The average molecular weight is 331 g/mol. The fraction of sp³-hybridized carbons (Fsp3) is 0.250. The van der Waals surface area contributed by atoms with Crippen molar-refractivity contribution in [2.45, 2.75) is 6.54 Å². The summed E-state index contributed by atoms with van der Waals surface area (Å²) in [4.78, 5) is 4.37. The standard InChI is InChI=1S/C16H17N3O5/c1-20-12-5-9(6-13(21-2)14(12)22-3)15-18-16(24-19-15)10-4-11(7-17)23-8-10/h4-6,8H,7,17H2,1-3H3. The molecule has 0 spiro atoms. The van der Waals surface area contributed by atoms with Gasteiger partial charge in [0.1, 0.15) is 12.0 Å². The Morgan fingerprint density at radius 3 is 2.25 bits per heavy atom. The van der Waals surface area contributed by atoms with Gasteiger partial charge >= 0.3 is 0 Å². The Bertz CT molecular complexity index is 815. The summed E-state index contributed by atoms with van der Waals surface area (Å²) in [6, 6.07) is 5.25. The second-order valence-corrected chi connectivity index (χ2v) is 4.84. The molecule has 0 aliphatic carbocycles. The lowest BCUT2D eigenvalue weighted by atomic mass is 10.1. The van der Waals surface area contributed by atoms with Crippen LogP contribution >= 0.6 is 0 Å². The highest BCUT2D eigenvalue weighted by Crippen LogP contribution is 2.40. The number of nitrogens with zero attached hydrogens (tertiary/aromatic N) is 2. The first kappa shape index (κ1) is 15.9. The predicted octanol–water partition coefficient (Wildman–Crippen LogP) is 2.48. The van der Waals surface area contributed by atoms with Crippen LogP contribution in [0.5, 0.6) is 17.2 Å². The molecule has 3 rings (SSSR count). The number of benzene rings is 1. The van der Waals surface area contributed by atoms with E-state index in [4.69, 9.17) is 28.9 Å². The Morgan fingerprint density at radius 1 is 1.00 bits per heavy atom. The van der Waals surface area contributed by atoms with E-state index in [2.05, 4.69) is 10.1 Å². The predicted molar refractivity (Wildman–Crippen MR) is 85.0 cm³/mol. The number of nitrogens with two attached hydrogens (primary N) is 1. The Balaban J connectivity index is 2.00. The van der Waals surface area contributed by atoms with Gasteiger partial charge in [-0.05, 0) is 18.2 Å². The second kappa shape index (κ2) is 6.63. The van der Waals surface area contributed by atoms with E-state index in [1.807, 2.05) is 0 Å². The maximum absolute atomic E-state index is 5.53. The number of aromatic nitrogens is 2. The summed E-state index contributed by atoms with van der Waals surface area (Å²) in [5.41, 5.74) is 6.87. The number of rotatable bonds is 6. The van der Waals surface area contributed by atoms with Gasteiger partial charge in [-0.15, -0.1) is 0 Å². The Kier molecular flexibility index (Phi) is 4.39. The van der Waals surface area contributed by atoms with Crippen molar-refractivity contribution in [2.75, 3.05) is 21.3 Å². The number of hydrogen-bond acceptors (Lipinski definition) is 8. The highest BCUT2D eigenvalue weighted by Gasteiger charge is 2.18. The van der Waals surface area contributed by atoms with Gasteiger partial charge in [0.15, 0.2) is 11.5 Å². The summed E-state index contributed by atoms with van der Waals surface area (Å²) in [5.74, 6) is 2.87. The first-order valence-electron chi connectivity index (χ1n) is 7.12. The van der Waals surface area contributed by atoms with Crippen LogP contribution in [0.25, 0.3) is 22.8 Å². The van der Waals surface area contributed by atoms with Gasteiger partial charge in [0.2, 0.25) is 11.6 Å². The average Bonchev–Trinajstić information content (AvgIpc) is 3.29. The second-order valence-electron chi connectivity index (χ2n) is 4.84. The quantitative estimate of drug-likeness (QED) is 0.734. The first-order chi connectivity index (χ1) is 11.7. The van der Waals surface area contributed by atoms with E-state index >= 15 is 0 Å². The Labute approximate surface area is 138 Å². The van der Waals surface area contributed by atoms with Gasteiger partial charge in [0.25, 0.3) is 5.89 Å². The van der Waals surface area contributed by atoms with Crippen LogP contribution < -0.4 is 19.9 Å². The molecule has 0 saturated heterocycles. The molecule has 0 fully saturated rings. The summed E-state index contributed by atoms with van der Waals surface area (Å²) in [5, 5.41) is 3.99. The fourth-order valence-corrected chi connectivity index (χ4v) is 2.27. The molecule has 8 heteroatoms. The summed E-state index contributed by atoms with van der Waals surface area (Å²) < 4.78 is 26.5. The molecule has 0 aliphatic heterocycles. The van der Waals surface area contributed by atoms with Crippen molar-refractivity contribution in [1.29, 1.82) is 0 Å².